The van der Waals surface area contributed by atoms with E-state index in [9.17, 15) is 9.36 Å². The van der Waals surface area contributed by atoms with Crippen molar-refractivity contribution in [3.63, 3.8) is 0 Å². The van der Waals surface area contributed by atoms with Gasteiger partial charge in [0.05, 0.1) is 20.3 Å². The zero-order valence-corrected chi connectivity index (χ0v) is 14.4. The van der Waals surface area contributed by atoms with Gasteiger partial charge in [-0.15, -0.1) is 0 Å². The van der Waals surface area contributed by atoms with Crippen molar-refractivity contribution in [1.29, 1.82) is 0 Å². The maximum absolute atomic E-state index is 13.2. The Hall–Kier alpha value is -1.68. The van der Waals surface area contributed by atoms with E-state index >= 15 is 0 Å². The lowest BCUT2D eigenvalue weighted by Gasteiger charge is -2.25. The summed E-state index contributed by atoms with van der Waals surface area (Å²) in [5.41, 5.74) is -0.529. The van der Waals surface area contributed by atoms with E-state index in [0.717, 1.165) is 10.8 Å². The fraction of sp³-hybridized carbons (Fsp3) is 0.353. The van der Waals surface area contributed by atoms with Crippen LogP contribution in [0.3, 0.4) is 0 Å². The first-order chi connectivity index (χ1) is 11.1. The van der Waals surface area contributed by atoms with Crippen LogP contribution in [0, 0.1) is 0 Å². The number of hydrogen-bond acceptors (Lipinski definition) is 5. The second-order valence-electron chi connectivity index (χ2n) is 4.87. The molecule has 0 aromatic heterocycles. The van der Waals surface area contributed by atoms with Gasteiger partial charge >= 0.3 is 13.6 Å². The predicted molar refractivity (Wildman–Crippen MR) is 89.6 cm³/mol. The van der Waals surface area contributed by atoms with Crippen molar-refractivity contribution in [2.24, 2.45) is 0 Å². The summed E-state index contributed by atoms with van der Waals surface area (Å²) in [6.07, 6.45) is 0. The molecule has 0 heterocycles. The predicted octanol–water partition coefficient (Wildman–Crippen LogP) is 4.32. The summed E-state index contributed by atoms with van der Waals surface area (Å²) >= 11 is 0. The van der Waals surface area contributed by atoms with Crippen LogP contribution in [0.1, 0.15) is 25.1 Å². The van der Waals surface area contributed by atoms with Gasteiger partial charge in [0.15, 0.2) is 5.66 Å². The Morgan fingerprint density at radius 1 is 1.04 bits per heavy atom. The molecule has 2 aromatic rings. The molecule has 0 saturated carbocycles. The normalized spacial score (nSPS) is 13.0. The first-order valence-corrected chi connectivity index (χ1v) is 9.12. The maximum Gasteiger partial charge on any atom is 0.349 e. The molecule has 6 heteroatoms. The third kappa shape index (κ3) is 3.63. The fourth-order valence-corrected chi connectivity index (χ4v) is 4.60. The van der Waals surface area contributed by atoms with Crippen LogP contribution < -0.4 is 0 Å². The molecular weight excluding hydrogens is 315 g/mol. The van der Waals surface area contributed by atoms with Crippen molar-refractivity contribution in [3.8, 4) is 0 Å². The monoisotopic (exact) mass is 336 g/mol. The Kier molecular flexibility index (Phi) is 5.94. The minimum absolute atomic E-state index is 0.176. The molecule has 0 aliphatic rings. The molecule has 1 unspecified atom stereocenters. The van der Waals surface area contributed by atoms with Crippen molar-refractivity contribution < 1.29 is 23.1 Å². The highest BCUT2D eigenvalue weighted by Gasteiger charge is 2.44. The van der Waals surface area contributed by atoms with Gasteiger partial charge in [-0.05, 0) is 30.2 Å². The average molecular weight is 336 g/mol. The number of methoxy groups -OCH3 is 1. The highest BCUT2D eigenvalue weighted by atomic mass is 31.2. The van der Waals surface area contributed by atoms with E-state index in [-0.39, 0.29) is 13.2 Å². The fourth-order valence-electron chi connectivity index (χ4n) is 2.57. The maximum atomic E-state index is 13.2. The minimum atomic E-state index is -3.70. The molecule has 23 heavy (non-hydrogen) atoms. The van der Waals surface area contributed by atoms with E-state index in [1.54, 1.807) is 19.9 Å². The average Bonchev–Trinajstić information content (AvgIpc) is 2.55. The number of carbonyl (C=O) groups is 1. The van der Waals surface area contributed by atoms with Gasteiger partial charge in [0.1, 0.15) is 0 Å². The van der Waals surface area contributed by atoms with E-state index in [2.05, 4.69) is 0 Å². The summed E-state index contributed by atoms with van der Waals surface area (Å²) in [5, 5.41) is 1.77. The molecule has 0 radical (unpaired) electrons. The van der Waals surface area contributed by atoms with Crippen LogP contribution in [0.2, 0.25) is 0 Å². The van der Waals surface area contributed by atoms with Crippen LogP contribution in [0.25, 0.3) is 10.8 Å². The van der Waals surface area contributed by atoms with E-state index in [1.165, 1.54) is 7.11 Å². The SMILES string of the molecule is CCOP(=O)(OCC)C(C(=O)OC)c1cccc2ccccc12. The molecule has 124 valence electrons. The van der Waals surface area contributed by atoms with Crippen molar-refractivity contribution in [1.82, 2.24) is 0 Å². The lowest BCUT2D eigenvalue weighted by molar-refractivity contribution is -0.140. The molecule has 1 atom stereocenters. The van der Waals surface area contributed by atoms with Gasteiger partial charge in [-0.1, -0.05) is 42.5 Å². The molecular formula is C17H21O5P. The van der Waals surface area contributed by atoms with Crippen LogP contribution in [-0.4, -0.2) is 26.3 Å². The van der Waals surface area contributed by atoms with Crippen LogP contribution in [0.4, 0.5) is 0 Å². The van der Waals surface area contributed by atoms with Crippen LogP contribution in [0.5, 0.6) is 0 Å². The van der Waals surface area contributed by atoms with Crippen LogP contribution in [0.15, 0.2) is 42.5 Å². The first-order valence-electron chi connectivity index (χ1n) is 7.51. The molecule has 0 aliphatic carbocycles. The van der Waals surface area contributed by atoms with Crippen molar-refractivity contribution in [2.45, 2.75) is 19.5 Å². The van der Waals surface area contributed by atoms with Gasteiger partial charge in [-0.3, -0.25) is 9.36 Å². The molecule has 2 rings (SSSR count). The molecule has 0 fully saturated rings. The third-order valence-corrected chi connectivity index (χ3v) is 5.83. The first kappa shape index (κ1) is 17.7. The second-order valence-corrected chi connectivity index (χ2v) is 6.98. The smallest absolute Gasteiger partial charge is 0.349 e. The molecule has 0 aliphatic heterocycles. The van der Waals surface area contributed by atoms with Gasteiger partial charge in [0, 0.05) is 0 Å². The van der Waals surface area contributed by atoms with E-state index < -0.39 is 19.2 Å². The van der Waals surface area contributed by atoms with E-state index in [0.29, 0.717) is 5.56 Å². The molecule has 0 amide bonds. The second kappa shape index (κ2) is 7.73. The Labute approximate surface area is 136 Å². The molecule has 0 bridgehead atoms. The number of benzene rings is 2. The Balaban J connectivity index is 2.66. The van der Waals surface area contributed by atoms with Crippen molar-refractivity contribution in [3.05, 3.63) is 48.0 Å². The molecule has 5 nitrogen and oxygen atoms in total. The molecule has 0 spiro atoms. The number of esters is 1. The quantitative estimate of drug-likeness (QED) is 0.556. The standard InChI is InChI=1S/C17H21O5P/c1-4-21-23(19,22-5-2)16(17(18)20-3)15-12-8-10-13-9-6-7-11-14(13)15/h6-12,16H,4-5H2,1-3H3. The summed E-state index contributed by atoms with van der Waals surface area (Å²) in [4.78, 5) is 12.4. The largest absolute Gasteiger partial charge is 0.468 e. The van der Waals surface area contributed by atoms with Gasteiger partial charge in [0.25, 0.3) is 0 Å². The number of hydrogen-bond donors (Lipinski definition) is 0. The lowest BCUT2D eigenvalue weighted by Crippen LogP contribution is -2.18. The zero-order valence-electron chi connectivity index (χ0n) is 13.5. The highest BCUT2D eigenvalue weighted by Crippen LogP contribution is 2.62. The minimum Gasteiger partial charge on any atom is -0.468 e. The third-order valence-electron chi connectivity index (χ3n) is 3.48. The summed E-state index contributed by atoms with van der Waals surface area (Å²) in [7, 11) is -2.44. The summed E-state index contributed by atoms with van der Waals surface area (Å²) < 4.78 is 28.9. The molecule has 0 N–H and O–H groups in total. The Morgan fingerprint density at radius 2 is 1.65 bits per heavy atom. The number of ether oxygens (including phenoxy) is 1. The summed E-state index contributed by atoms with van der Waals surface area (Å²) in [6.45, 7) is 3.78. The molecule has 2 aromatic carbocycles. The zero-order chi connectivity index (χ0) is 16.9. The number of fused-ring (bicyclic) bond motifs is 1. The topological polar surface area (TPSA) is 61.8 Å². The van der Waals surface area contributed by atoms with E-state index in [1.807, 2.05) is 36.4 Å². The molecule has 0 saturated heterocycles. The Morgan fingerprint density at radius 3 is 2.26 bits per heavy atom. The van der Waals surface area contributed by atoms with Gasteiger partial charge in [-0.25, -0.2) is 0 Å². The van der Waals surface area contributed by atoms with Crippen molar-refractivity contribution in [2.75, 3.05) is 20.3 Å². The van der Waals surface area contributed by atoms with Gasteiger partial charge in [-0.2, -0.15) is 0 Å². The van der Waals surface area contributed by atoms with Crippen molar-refractivity contribution >= 4 is 24.3 Å². The Bertz CT molecular complexity index is 713. The van der Waals surface area contributed by atoms with E-state index in [4.69, 9.17) is 13.8 Å². The summed E-state index contributed by atoms with van der Waals surface area (Å²) in [6, 6.07) is 13.1. The van der Waals surface area contributed by atoms with Gasteiger partial charge in [0.2, 0.25) is 0 Å². The van der Waals surface area contributed by atoms with Gasteiger partial charge < -0.3 is 13.8 Å². The lowest BCUT2D eigenvalue weighted by atomic mass is 10.0. The van der Waals surface area contributed by atoms with Crippen LogP contribution >= 0.6 is 7.60 Å². The highest BCUT2D eigenvalue weighted by molar-refractivity contribution is 7.55. The van der Waals surface area contributed by atoms with Crippen LogP contribution in [-0.2, 0) is 23.1 Å². The number of rotatable bonds is 7. The summed E-state index contributed by atoms with van der Waals surface area (Å²) in [5.74, 6) is -0.633. The number of carbonyl (C=O) groups excluding carboxylic acids is 1.